The van der Waals surface area contributed by atoms with Crippen LogP contribution in [0.2, 0.25) is 5.02 Å². The van der Waals surface area contributed by atoms with E-state index in [0.29, 0.717) is 17.0 Å². The van der Waals surface area contributed by atoms with Gasteiger partial charge >= 0.3 is 0 Å². The van der Waals surface area contributed by atoms with Crippen molar-refractivity contribution in [2.45, 2.75) is 33.6 Å². The van der Waals surface area contributed by atoms with E-state index in [0.717, 1.165) is 0 Å². The van der Waals surface area contributed by atoms with Gasteiger partial charge in [-0.2, -0.15) is 0 Å². The highest BCUT2D eigenvalue weighted by atomic mass is 35.5. The van der Waals surface area contributed by atoms with Gasteiger partial charge in [0, 0.05) is 17.9 Å². The fourth-order valence-electron chi connectivity index (χ4n) is 1.53. The second-order valence-electron chi connectivity index (χ2n) is 5.19. The van der Waals surface area contributed by atoms with Gasteiger partial charge < -0.3 is 0 Å². The molecular formula is C13H16ClFO. The highest BCUT2D eigenvalue weighted by molar-refractivity contribution is 6.31. The van der Waals surface area contributed by atoms with Gasteiger partial charge in [0.05, 0.1) is 0 Å². The van der Waals surface area contributed by atoms with E-state index in [1.807, 2.05) is 20.8 Å². The molecule has 3 heteroatoms. The molecule has 0 aliphatic heterocycles. The maximum absolute atomic E-state index is 12.8. The fraction of sp³-hybridized carbons (Fsp3) is 0.462. The molecule has 1 rings (SSSR count). The van der Waals surface area contributed by atoms with Crippen LogP contribution in [0.15, 0.2) is 18.2 Å². The lowest BCUT2D eigenvalue weighted by Crippen LogP contribution is -2.14. The van der Waals surface area contributed by atoms with Crippen molar-refractivity contribution < 1.29 is 9.18 Å². The number of ketones is 1. The molecular weight excluding hydrogens is 227 g/mol. The highest BCUT2D eigenvalue weighted by Gasteiger charge is 2.17. The number of hydrogen-bond donors (Lipinski definition) is 0. The third kappa shape index (κ3) is 4.31. The molecule has 88 valence electrons. The van der Waals surface area contributed by atoms with Crippen LogP contribution in [-0.2, 0) is 11.2 Å². The third-order valence-electron chi connectivity index (χ3n) is 2.13. The predicted molar refractivity (Wildman–Crippen MR) is 64.2 cm³/mol. The number of carbonyl (C=O) groups is 1. The van der Waals surface area contributed by atoms with Gasteiger partial charge in [-0.15, -0.1) is 0 Å². The summed E-state index contributed by atoms with van der Waals surface area (Å²) >= 11 is 5.85. The quantitative estimate of drug-likeness (QED) is 0.782. The molecule has 1 nitrogen and oxygen atoms in total. The van der Waals surface area contributed by atoms with Crippen molar-refractivity contribution in [3.63, 3.8) is 0 Å². The molecule has 0 bridgehead atoms. The van der Waals surface area contributed by atoms with Crippen molar-refractivity contribution in [1.29, 1.82) is 0 Å². The Balaban J connectivity index is 2.70. The molecule has 0 aliphatic rings. The normalized spacial score (nSPS) is 11.6. The minimum Gasteiger partial charge on any atom is -0.299 e. The summed E-state index contributed by atoms with van der Waals surface area (Å²) < 4.78 is 12.8. The molecule has 0 saturated heterocycles. The molecule has 0 saturated carbocycles. The molecule has 0 unspecified atom stereocenters. The van der Waals surface area contributed by atoms with Crippen molar-refractivity contribution in [2.24, 2.45) is 5.41 Å². The molecule has 0 spiro atoms. The topological polar surface area (TPSA) is 17.1 Å². The van der Waals surface area contributed by atoms with Gasteiger partial charge in [-0.25, -0.2) is 4.39 Å². The van der Waals surface area contributed by atoms with Crippen LogP contribution in [0.25, 0.3) is 0 Å². The van der Waals surface area contributed by atoms with Crippen LogP contribution in [0, 0.1) is 11.2 Å². The Hall–Kier alpha value is -0.890. The predicted octanol–water partition coefficient (Wildman–Crippen LogP) is 4.03. The first-order chi connectivity index (χ1) is 7.28. The zero-order valence-corrected chi connectivity index (χ0v) is 10.6. The molecule has 0 atom stereocenters. The van der Waals surface area contributed by atoms with Crippen molar-refractivity contribution in [2.75, 3.05) is 0 Å². The number of rotatable bonds is 3. The summed E-state index contributed by atoms with van der Waals surface area (Å²) in [6.45, 7) is 6.03. The van der Waals surface area contributed by atoms with E-state index in [-0.39, 0.29) is 23.4 Å². The van der Waals surface area contributed by atoms with Gasteiger partial charge in [0.1, 0.15) is 11.6 Å². The lowest BCUT2D eigenvalue weighted by atomic mass is 9.88. The van der Waals surface area contributed by atoms with E-state index < -0.39 is 0 Å². The second-order valence-corrected chi connectivity index (χ2v) is 5.60. The molecule has 0 fully saturated rings. The van der Waals surface area contributed by atoms with Crippen LogP contribution in [0.1, 0.15) is 32.8 Å². The summed E-state index contributed by atoms with van der Waals surface area (Å²) in [4.78, 5) is 11.7. The van der Waals surface area contributed by atoms with E-state index in [1.165, 1.54) is 12.1 Å². The summed E-state index contributed by atoms with van der Waals surface area (Å²) in [5.41, 5.74) is 0.668. The maximum atomic E-state index is 12.8. The first-order valence-corrected chi connectivity index (χ1v) is 5.61. The van der Waals surface area contributed by atoms with Gasteiger partial charge in [0.25, 0.3) is 0 Å². The van der Waals surface area contributed by atoms with Gasteiger partial charge in [0.2, 0.25) is 0 Å². The smallest absolute Gasteiger partial charge is 0.137 e. The molecule has 1 aromatic carbocycles. The second kappa shape index (κ2) is 4.96. The van der Waals surface area contributed by atoms with Gasteiger partial charge in [0.15, 0.2) is 0 Å². The van der Waals surface area contributed by atoms with Crippen LogP contribution in [-0.4, -0.2) is 5.78 Å². The van der Waals surface area contributed by atoms with Crippen molar-refractivity contribution in [3.05, 3.63) is 34.6 Å². The molecule has 0 radical (unpaired) electrons. The number of Topliss-reactive ketones (excluding diaryl/α,β-unsaturated/α-hetero) is 1. The highest BCUT2D eigenvalue weighted by Crippen LogP contribution is 2.22. The van der Waals surface area contributed by atoms with Crippen molar-refractivity contribution in [3.8, 4) is 0 Å². The molecule has 0 aromatic heterocycles. The lowest BCUT2D eigenvalue weighted by molar-refractivity contribution is -0.120. The van der Waals surface area contributed by atoms with Crippen LogP contribution in [0.3, 0.4) is 0 Å². The average Bonchev–Trinajstić information content (AvgIpc) is 2.06. The molecule has 16 heavy (non-hydrogen) atoms. The van der Waals surface area contributed by atoms with Crippen LogP contribution in [0.5, 0.6) is 0 Å². The zero-order chi connectivity index (χ0) is 12.3. The number of carbonyl (C=O) groups excluding carboxylic acids is 1. The first kappa shape index (κ1) is 13.2. The van der Waals surface area contributed by atoms with Crippen LogP contribution >= 0.6 is 11.6 Å². The standard InChI is InChI=1S/C13H16ClFO/c1-13(2,3)8-11(16)6-9-4-5-10(15)7-12(9)14/h4-5,7H,6,8H2,1-3H3. The van der Waals surface area contributed by atoms with E-state index in [4.69, 9.17) is 11.6 Å². The largest absolute Gasteiger partial charge is 0.299 e. The van der Waals surface area contributed by atoms with Crippen LogP contribution in [0.4, 0.5) is 4.39 Å². The van der Waals surface area contributed by atoms with E-state index in [9.17, 15) is 9.18 Å². The summed E-state index contributed by atoms with van der Waals surface area (Å²) in [6.07, 6.45) is 0.775. The van der Waals surface area contributed by atoms with Crippen LogP contribution < -0.4 is 0 Å². The lowest BCUT2D eigenvalue weighted by Gasteiger charge is -2.16. The number of halogens is 2. The average molecular weight is 243 g/mol. The summed E-state index contributed by atoms with van der Waals surface area (Å²) in [5.74, 6) is -0.252. The Morgan fingerprint density at radius 1 is 1.38 bits per heavy atom. The third-order valence-corrected chi connectivity index (χ3v) is 2.48. The molecule has 0 N–H and O–H groups in total. The molecule has 0 aliphatic carbocycles. The minimum atomic E-state index is -0.378. The maximum Gasteiger partial charge on any atom is 0.137 e. The van der Waals surface area contributed by atoms with Crippen molar-refractivity contribution >= 4 is 17.4 Å². The summed E-state index contributed by atoms with van der Waals surface area (Å²) in [7, 11) is 0. The number of hydrogen-bond acceptors (Lipinski definition) is 1. The van der Waals surface area contributed by atoms with Crippen molar-refractivity contribution in [1.82, 2.24) is 0 Å². The van der Waals surface area contributed by atoms with E-state index >= 15 is 0 Å². The first-order valence-electron chi connectivity index (χ1n) is 5.23. The van der Waals surface area contributed by atoms with E-state index in [1.54, 1.807) is 6.07 Å². The molecule has 1 aromatic rings. The Labute approximate surface area is 101 Å². The SMILES string of the molecule is CC(C)(C)CC(=O)Cc1ccc(F)cc1Cl. The summed E-state index contributed by atoms with van der Waals surface area (Å²) in [6, 6.07) is 4.13. The Morgan fingerprint density at radius 2 is 2.00 bits per heavy atom. The number of benzene rings is 1. The van der Waals surface area contributed by atoms with Gasteiger partial charge in [-0.05, 0) is 23.1 Å². The minimum absolute atomic E-state index is 0.0242. The fourth-order valence-corrected chi connectivity index (χ4v) is 1.77. The Kier molecular flexibility index (Phi) is 4.09. The van der Waals surface area contributed by atoms with Gasteiger partial charge in [-0.3, -0.25) is 4.79 Å². The summed E-state index contributed by atoms with van der Waals surface area (Å²) in [5, 5.41) is 0.322. The Morgan fingerprint density at radius 3 is 2.50 bits per heavy atom. The molecule has 0 amide bonds. The zero-order valence-electron chi connectivity index (χ0n) is 9.81. The monoisotopic (exact) mass is 242 g/mol. The van der Waals surface area contributed by atoms with Gasteiger partial charge in [-0.1, -0.05) is 38.4 Å². The molecule has 0 heterocycles. The van der Waals surface area contributed by atoms with E-state index in [2.05, 4.69) is 0 Å². The Bertz CT molecular complexity index is 393.